The van der Waals surface area contributed by atoms with Crippen molar-refractivity contribution in [2.75, 3.05) is 12.8 Å². The third-order valence-corrected chi connectivity index (χ3v) is 3.92. The van der Waals surface area contributed by atoms with Gasteiger partial charge in [0.2, 0.25) is 11.8 Å². The van der Waals surface area contributed by atoms with E-state index in [9.17, 15) is 18.9 Å². The van der Waals surface area contributed by atoms with Gasteiger partial charge in [-0.15, -0.1) is 0 Å². The Labute approximate surface area is 122 Å². The van der Waals surface area contributed by atoms with Crippen molar-refractivity contribution < 1.29 is 28.9 Å². The molecule has 122 valence electrons. The summed E-state index contributed by atoms with van der Waals surface area (Å²) < 4.78 is 11.1. The molecule has 0 aliphatic rings. The maximum absolute atomic E-state index is 11.7. The molecule has 9 nitrogen and oxygen atoms in total. The zero-order chi connectivity index (χ0) is 16.8. The summed E-state index contributed by atoms with van der Waals surface area (Å²) in [6.45, 7) is 3.84. The number of nitrogens with two attached hydrogens (primary N) is 1. The summed E-state index contributed by atoms with van der Waals surface area (Å²) in [5.41, 5.74) is 0. The average molecular weight is 323 g/mol. The molecule has 0 aromatic rings. The Bertz CT molecular complexity index is 449. The molecule has 0 saturated carbocycles. The smallest absolute Gasteiger partial charge is 0.325 e. The van der Waals surface area contributed by atoms with E-state index in [4.69, 9.17) is 15.8 Å². The van der Waals surface area contributed by atoms with E-state index < -0.39 is 37.2 Å². The zero-order valence-electron chi connectivity index (χ0n) is 12.3. The van der Waals surface area contributed by atoms with Gasteiger partial charge >= 0.3 is 5.97 Å². The maximum Gasteiger partial charge on any atom is 0.325 e. The quantitative estimate of drug-likeness (QED) is 0.200. The average Bonchev–Trinajstić information content (AvgIpc) is 2.34. The second-order valence-electron chi connectivity index (χ2n) is 4.92. The van der Waals surface area contributed by atoms with Crippen molar-refractivity contribution in [3.8, 4) is 0 Å². The van der Waals surface area contributed by atoms with Crippen LogP contribution in [0.4, 0.5) is 0 Å². The van der Waals surface area contributed by atoms with Crippen molar-refractivity contribution in [2.45, 2.75) is 38.8 Å². The summed E-state index contributed by atoms with van der Waals surface area (Å²) in [5, 5.41) is 11.6. The molecule has 0 aromatic heterocycles. The predicted molar refractivity (Wildman–Crippen MR) is 75.6 cm³/mol. The second kappa shape index (κ2) is 8.11. The van der Waals surface area contributed by atoms with Gasteiger partial charge in [0.05, 0.1) is 0 Å². The third kappa shape index (κ3) is 7.79. The summed E-state index contributed by atoms with van der Waals surface area (Å²) in [6, 6.07) is -2.13. The molecule has 0 aliphatic carbocycles. The molecule has 21 heavy (non-hydrogen) atoms. The molecule has 0 rings (SSSR count). The molecule has 10 heteroatoms. The van der Waals surface area contributed by atoms with E-state index in [1.807, 2.05) is 0 Å². The predicted octanol–water partition coefficient (Wildman–Crippen LogP) is -0.653. The van der Waals surface area contributed by atoms with Crippen LogP contribution in [0, 0.1) is 0 Å². The number of carboxylic acids is 1. The van der Waals surface area contributed by atoms with Crippen LogP contribution >= 0.6 is 7.37 Å². The first-order chi connectivity index (χ1) is 9.45. The summed E-state index contributed by atoms with van der Waals surface area (Å²) in [7, 11) is -3.18. The molecule has 1 unspecified atom stereocenters. The molecular formula is C11H22N3O6P. The van der Waals surface area contributed by atoms with Crippen LogP contribution in [0.3, 0.4) is 0 Å². The minimum Gasteiger partial charge on any atom is -0.480 e. The molecule has 0 bridgehead atoms. The van der Waals surface area contributed by atoms with Crippen LogP contribution in [0.15, 0.2) is 0 Å². The first kappa shape index (κ1) is 19.6. The fraction of sp³-hybridized carbons (Fsp3) is 0.727. The summed E-state index contributed by atoms with van der Waals surface area (Å²) >= 11 is 0. The highest BCUT2D eigenvalue weighted by molar-refractivity contribution is 7.57. The van der Waals surface area contributed by atoms with Gasteiger partial charge < -0.3 is 15.3 Å². The van der Waals surface area contributed by atoms with Crippen LogP contribution in [0.1, 0.15) is 26.7 Å². The Morgan fingerprint density at radius 3 is 2.29 bits per heavy atom. The lowest BCUT2D eigenvalue weighted by atomic mass is 10.2. The van der Waals surface area contributed by atoms with Crippen LogP contribution in [-0.2, 0) is 18.9 Å². The van der Waals surface area contributed by atoms with E-state index in [1.54, 1.807) is 0 Å². The maximum atomic E-state index is 11.7. The number of hydrogen-bond donors (Lipinski definition) is 4. The number of hydrogen-bond acceptors (Lipinski definition) is 5. The van der Waals surface area contributed by atoms with Gasteiger partial charge in [-0.1, -0.05) is 0 Å². The van der Waals surface area contributed by atoms with Crippen molar-refractivity contribution >= 4 is 25.2 Å². The Hall–Kier alpha value is -1.44. The van der Waals surface area contributed by atoms with E-state index in [-0.39, 0.29) is 19.0 Å². The van der Waals surface area contributed by atoms with Gasteiger partial charge in [-0.05, 0) is 20.3 Å². The molecule has 0 aliphatic heterocycles. The van der Waals surface area contributed by atoms with Crippen LogP contribution in [-0.4, -0.2) is 57.7 Å². The summed E-state index contributed by atoms with van der Waals surface area (Å²) in [5.74, 6) is 3.05. The van der Waals surface area contributed by atoms with E-state index in [1.165, 1.54) is 20.5 Å². The fourth-order valence-corrected chi connectivity index (χ4v) is 2.14. The SMILES string of the molecule is C[C@H](NC(=O)[C@H](C)N(N)C(=O)CCCP(C)(=O)O)C(=O)O. The van der Waals surface area contributed by atoms with Crippen molar-refractivity contribution in [3.05, 3.63) is 0 Å². The summed E-state index contributed by atoms with van der Waals surface area (Å²) in [6.07, 6.45) is 0.0981. The standard InChI is InChI=1S/C11H22N3O6P/c1-7(11(17)18)13-10(16)8(2)14(12)9(15)5-4-6-21(3,19)20/h7-8H,4-6,12H2,1-3H3,(H,13,16)(H,17,18)(H,19,20)/t7-,8-/m0/s1. The van der Waals surface area contributed by atoms with E-state index in [0.29, 0.717) is 5.01 Å². The zero-order valence-corrected chi connectivity index (χ0v) is 13.2. The lowest BCUT2D eigenvalue weighted by Gasteiger charge is -2.24. The minimum atomic E-state index is -3.18. The van der Waals surface area contributed by atoms with E-state index >= 15 is 0 Å². The molecular weight excluding hydrogens is 301 g/mol. The molecule has 0 fully saturated rings. The van der Waals surface area contributed by atoms with Gasteiger partial charge in [-0.3, -0.25) is 24.0 Å². The van der Waals surface area contributed by atoms with Crippen molar-refractivity contribution in [3.63, 3.8) is 0 Å². The first-order valence-corrected chi connectivity index (χ1v) is 8.64. The molecule has 3 atom stereocenters. The van der Waals surface area contributed by atoms with Crippen LogP contribution in [0.2, 0.25) is 0 Å². The molecule has 0 spiro atoms. The lowest BCUT2D eigenvalue weighted by molar-refractivity contribution is -0.144. The highest BCUT2D eigenvalue weighted by Crippen LogP contribution is 2.35. The Kier molecular flexibility index (Phi) is 7.56. The molecule has 2 amide bonds. The fourth-order valence-electron chi connectivity index (χ4n) is 1.39. The lowest BCUT2D eigenvalue weighted by Crippen LogP contribution is -2.54. The van der Waals surface area contributed by atoms with Crippen molar-refractivity contribution in [1.82, 2.24) is 10.3 Å². The number of nitrogens with one attached hydrogen (secondary N) is 1. The highest BCUT2D eigenvalue weighted by Gasteiger charge is 2.25. The Morgan fingerprint density at radius 1 is 1.33 bits per heavy atom. The highest BCUT2D eigenvalue weighted by atomic mass is 31.2. The van der Waals surface area contributed by atoms with Crippen LogP contribution in [0.5, 0.6) is 0 Å². The number of carbonyl (C=O) groups excluding carboxylic acids is 2. The molecule has 0 aromatic carbocycles. The monoisotopic (exact) mass is 323 g/mol. The number of amides is 2. The number of rotatable bonds is 8. The number of aliphatic carboxylic acids is 1. The van der Waals surface area contributed by atoms with Gasteiger partial charge in [0, 0.05) is 19.2 Å². The molecule has 0 saturated heterocycles. The number of carboxylic acid groups (broad SMARTS) is 1. The van der Waals surface area contributed by atoms with E-state index in [2.05, 4.69) is 5.32 Å². The van der Waals surface area contributed by atoms with Crippen LogP contribution < -0.4 is 11.2 Å². The van der Waals surface area contributed by atoms with Crippen molar-refractivity contribution in [2.24, 2.45) is 5.84 Å². The van der Waals surface area contributed by atoms with E-state index in [0.717, 1.165) is 0 Å². The topological polar surface area (TPSA) is 150 Å². The minimum absolute atomic E-state index is 0.0107. The normalized spacial score (nSPS) is 16.4. The Balaban J connectivity index is 4.38. The number of nitrogens with zero attached hydrogens (tertiary/aromatic N) is 1. The van der Waals surface area contributed by atoms with Gasteiger partial charge in [0.25, 0.3) is 0 Å². The summed E-state index contributed by atoms with van der Waals surface area (Å²) in [4.78, 5) is 43.1. The molecule has 0 radical (unpaired) electrons. The first-order valence-electron chi connectivity index (χ1n) is 6.35. The molecule has 0 heterocycles. The van der Waals surface area contributed by atoms with Crippen LogP contribution in [0.25, 0.3) is 0 Å². The number of carbonyl (C=O) groups is 3. The van der Waals surface area contributed by atoms with Gasteiger partial charge in [-0.25, -0.2) is 5.84 Å². The number of hydrazine groups is 1. The van der Waals surface area contributed by atoms with Gasteiger partial charge in [-0.2, -0.15) is 0 Å². The second-order valence-corrected chi connectivity index (χ2v) is 7.47. The Morgan fingerprint density at radius 2 is 1.86 bits per heavy atom. The molecule has 5 N–H and O–H groups in total. The third-order valence-electron chi connectivity index (χ3n) is 2.78. The van der Waals surface area contributed by atoms with Crippen molar-refractivity contribution in [1.29, 1.82) is 0 Å². The van der Waals surface area contributed by atoms with Gasteiger partial charge in [0.15, 0.2) is 7.37 Å². The largest absolute Gasteiger partial charge is 0.480 e. The van der Waals surface area contributed by atoms with Gasteiger partial charge in [0.1, 0.15) is 12.1 Å².